The van der Waals surface area contributed by atoms with Crippen LogP contribution >= 0.6 is 0 Å². The topological polar surface area (TPSA) is 23.8 Å². The van der Waals surface area contributed by atoms with Crippen molar-refractivity contribution in [2.45, 2.75) is 6.92 Å². The molecule has 0 spiro atoms. The Morgan fingerprint density at radius 3 is 1.75 bits per heavy atom. The molecule has 0 aromatic carbocycles. The first kappa shape index (κ1) is 8.91. The van der Waals surface area contributed by atoms with Gasteiger partial charge in [-0.2, -0.15) is 5.26 Å². The molecule has 4 heavy (non-hydrogen) atoms. The Hall–Kier alpha value is 0.152. The van der Waals surface area contributed by atoms with Gasteiger partial charge in [0.2, 0.25) is 0 Å². The van der Waals surface area contributed by atoms with Crippen LogP contribution in [0.25, 0.3) is 0 Å². The summed E-state index contributed by atoms with van der Waals surface area (Å²) < 4.78 is 0. The molecular weight excluding hydrogens is 224 g/mol. The van der Waals surface area contributed by atoms with Gasteiger partial charge in [-0.1, -0.05) is 0 Å². The molecule has 0 rings (SSSR count). The fraction of sp³-hybridized carbons (Fsp3) is 0.500. The molecule has 1 radical (unpaired) electrons. The molecule has 0 aromatic heterocycles. The van der Waals surface area contributed by atoms with Gasteiger partial charge < -0.3 is 0 Å². The minimum Gasteiger partial charge on any atom is -0.199 e. The van der Waals surface area contributed by atoms with E-state index in [1.807, 2.05) is 0 Å². The quantitative estimate of drug-likeness (QED) is 0.592. The van der Waals surface area contributed by atoms with Crippen LogP contribution in [0.5, 0.6) is 0 Å². The summed E-state index contributed by atoms with van der Waals surface area (Å²) in [5, 5.41) is 7.32. The van der Waals surface area contributed by atoms with Crippen LogP contribution in [0, 0.1) is 11.3 Å². The van der Waals surface area contributed by atoms with E-state index in [4.69, 9.17) is 5.26 Å². The molecule has 1 nitrogen and oxygen atoms in total. The molecule has 0 saturated carbocycles. The Morgan fingerprint density at radius 2 is 1.75 bits per heavy atom. The number of hydrogen-bond acceptors (Lipinski definition) is 1. The van der Waals surface area contributed by atoms with E-state index in [9.17, 15) is 0 Å². The number of nitrogens with zero attached hydrogens (tertiary/aromatic N) is 1. The summed E-state index contributed by atoms with van der Waals surface area (Å²) in [6.07, 6.45) is 0. The van der Waals surface area contributed by atoms with E-state index in [1.165, 1.54) is 6.92 Å². The fourth-order valence-electron chi connectivity index (χ4n) is 0. The van der Waals surface area contributed by atoms with Gasteiger partial charge in [0, 0.05) is 27.3 Å². The zero-order valence-electron chi connectivity index (χ0n) is 2.33. The van der Waals surface area contributed by atoms with Gasteiger partial charge in [-0.25, -0.2) is 0 Å². The molecule has 0 aliphatic heterocycles. The molecule has 0 unspecified atom stereocenters. The predicted molar refractivity (Wildman–Crippen MR) is 11.3 cm³/mol. The molecular formula is C2H3NRe. The summed E-state index contributed by atoms with van der Waals surface area (Å²) in [7, 11) is 0. The predicted octanol–water partition coefficient (Wildman–Crippen LogP) is 0.527. The van der Waals surface area contributed by atoms with Crippen LogP contribution in [0.15, 0.2) is 0 Å². The van der Waals surface area contributed by atoms with Crippen LogP contribution in [-0.4, -0.2) is 0 Å². The van der Waals surface area contributed by atoms with Crippen molar-refractivity contribution in [3.8, 4) is 6.07 Å². The summed E-state index contributed by atoms with van der Waals surface area (Å²) in [4.78, 5) is 0. The van der Waals surface area contributed by atoms with Crippen LogP contribution in [0.3, 0.4) is 0 Å². The van der Waals surface area contributed by atoms with E-state index in [-0.39, 0.29) is 20.4 Å². The zero-order valence-corrected chi connectivity index (χ0v) is 5.04. The van der Waals surface area contributed by atoms with Crippen LogP contribution in [-0.2, 0) is 20.4 Å². The first-order valence-electron chi connectivity index (χ1n) is 0.724. The van der Waals surface area contributed by atoms with Gasteiger partial charge in [-0.05, 0) is 0 Å². The van der Waals surface area contributed by atoms with Gasteiger partial charge in [0.15, 0.2) is 0 Å². The standard InChI is InChI=1S/C2H3N.Re/c1-2-3;/h1H3;. The summed E-state index contributed by atoms with van der Waals surface area (Å²) in [6.45, 7) is 1.43. The largest absolute Gasteiger partial charge is 0.199 e. The van der Waals surface area contributed by atoms with Crippen LogP contribution in [0.4, 0.5) is 0 Å². The minimum atomic E-state index is 0. The molecule has 2 heteroatoms. The maximum Gasteiger partial charge on any atom is 0.0587 e. The molecule has 0 fully saturated rings. The van der Waals surface area contributed by atoms with Crippen molar-refractivity contribution in [1.82, 2.24) is 0 Å². The number of rotatable bonds is 0. The zero-order chi connectivity index (χ0) is 2.71. The van der Waals surface area contributed by atoms with Crippen molar-refractivity contribution >= 4 is 0 Å². The summed E-state index contributed by atoms with van der Waals surface area (Å²) in [5.74, 6) is 0. The van der Waals surface area contributed by atoms with Crippen molar-refractivity contribution in [1.29, 1.82) is 5.26 Å². The second-order valence-corrected chi connectivity index (χ2v) is 0.224. The molecule has 0 aliphatic rings. The van der Waals surface area contributed by atoms with Gasteiger partial charge >= 0.3 is 0 Å². The second-order valence-electron chi connectivity index (χ2n) is 0.224. The van der Waals surface area contributed by atoms with Crippen molar-refractivity contribution in [3.05, 3.63) is 0 Å². The van der Waals surface area contributed by atoms with Crippen LogP contribution in [0.1, 0.15) is 6.92 Å². The molecule has 0 bridgehead atoms. The Kier molecular flexibility index (Phi) is 24.5. The number of nitriles is 1. The summed E-state index contributed by atoms with van der Waals surface area (Å²) in [5.41, 5.74) is 0. The van der Waals surface area contributed by atoms with Crippen molar-refractivity contribution in [2.24, 2.45) is 0 Å². The van der Waals surface area contributed by atoms with E-state index < -0.39 is 0 Å². The molecule has 0 aromatic rings. The molecule has 23 valence electrons. The smallest absolute Gasteiger partial charge is 0.0587 e. The van der Waals surface area contributed by atoms with Crippen LogP contribution in [0.2, 0.25) is 0 Å². The van der Waals surface area contributed by atoms with Crippen molar-refractivity contribution in [3.63, 3.8) is 0 Å². The monoisotopic (exact) mass is 228 g/mol. The molecule has 0 amide bonds. The van der Waals surface area contributed by atoms with E-state index in [0.717, 1.165) is 0 Å². The first-order valence-corrected chi connectivity index (χ1v) is 0.724. The average molecular weight is 227 g/mol. The Bertz CT molecular complexity index is 27.5. The van der Waals surface area contributed by atoms with Crippen LogP contribution < -0.4 is 0 Å². The van der Waals surface area contributed by atoms with Gasteiger partial charge in [-0.3, -0.25) is 0 Å². The molecule has 0 saturated heterocycles. The Labute approximate surface area is 39.3 Å². The molecule has 0 aliphatic carbocycles. The van der Waals surface area contributed by atoms with E-state index in [0.29, 0.717) is 0 Å². The van der Waals surface area contributed by atoms with E-state index >= 15 is 0 Å². The van der Waals surface area contributed by atoms with Gasteiger partial charge in [0.1, 0.15) is 0 Å². The van der Waals surface area contributed by atoms with E-state index in [2.05, 4.69) is 0 Å². The molecule has 0 N–H and O–H groups in total. The first-order chi connectivity index (χ1) is 1.41. The molecule has 0 atom stereocenters. The molecule has 0 heterocycles. The maximum atomic E-state index is 7.32. The fourth-order valence-corrected chi connectivity index (χ4v) is 0. The van der Waals surface area contributed by atoms with Crippen molar-refractivity contribution in [2.75, 3.05) is 0 Å². The second kappa shape index (κ2) is 11.0. The Morgan fingerprint density at radius 1 is 1.75 bits per heavy atom. The summed E-state index contributed by atoms with van der Waals surface area (Å²) >= 11 is 0. The van der Waals surface area contributed by atoms with E-state index in [1.54, 1.807) is 6.07 Å². The maximum absolute atomic E-state index is 7.32. The third kappa shape index (κ3) is 123. The van der Waals surface area contributed by atoms with Gasteiger partial charge in [0.25, 0.3) is 0 Å². The van der Waals surface area contributed by atoms with Gasteiger partial charge in [0.05, 0.1) is 6.07 Å². The van der Waals surface area contributed by atoms with Crippen molar-refractivity contribution < 1.29 is 20.4 Å². The SMILES string of the molecule is CC#N.[Re]. The third-order valence-corrected chi connectivity index (χ3v) is 0. The van der Waals surface area contributed by atoms with Gasteiger partial charge in [-0.15, -0.1) is 0 Å². The minimum absolute atomic E-state index is 0. The average Bonchev–Trinajstić information content (AvgIpc) is 0.918. The summed E-state index contributed by atoms with van der Waals surface area (Å²) in [6, 6.07) is 1.75. The normalized spacial score (nSPS) is 2.00. The Balaban J connectivity index is 0. The third-order valence-electron chi connectivity index (χ3n) is 0. The number of hydrogen-bond donors (Lipinski definition) is 0.